The van der Waals surface area contributed by atoms with Crippen molar-refractivity contribution >= 4 is 17.9 Å². The molecule has 2 aromatic rings. The van der Waals surface area contributed by atoms with E-state index in [9.17, 15) is 14.4 Å². The van der Waals surface area contributed by atoms with Gasteiger partial charge in [0.25, 0.3) is 0 Å². The predicted octanol–water partition coefficient (Wildman–Crippen LogP) is 3.26. The van der Waals surface area contributed by atoms with Crippen LogP contribution >= 0.6 is 0 Å². The molecule has 1 N–H and O–H groups in total. The number of esters is 3. The van der Waals surface area contributed by atoms with E-state index in [1.807, 2.05) is 0 Å². The lowest BCUT2D eigenvalue weighted by Gasteiger charge is -2.09. The van der Waals surface area contributed by atoms with Crippen LogP contribution < -0.4 is 14.2 Å². The molecule has 2 rings (SSSR count). The molecule has 2 aromatic carbocycles. The molecule has 0 spiro atoms. The number of carbonyl (C=O) groups excluding carboxylic acids is 3. The van der Waals surface area contributed by atoms with E-state index in [1.165, 1.54) is 0 Å². The minimum atomic E-state index is -0.683. The van der Waals surface area contributed by atoms with Crippen LogP contribution in [-0.4, -0.2) is 56.0 Å². The third-order valence-electron chi connectivity index (χ3n) is 4.41. The number of carbonyl (C=O) groups is 3. The van der Waals surface area contributed by atoms with Gasteiger partial charge in [-0.2, -0.15) is 0 Å². The summed E-state index contributed by atoms with van der Waals surface area (Å²) in [6.45, 7) is 7.10. The normalized spacial score (nSPS) is 10.1. The summed E-state index contributed by atoms with van der Waals surface area (Å²) in [4.78, 5) is 34.7. The van der Waals surface area contributed by atoms with E-state index in [1.54, 1.807) is 48.5 Å². The van der Waals surface area contributed by atoms with E-state index in [0.717, 1.165) is 6.08 Å². The molecule has 0 unspecified atom stereocenters. The van der Waals surface area contributed by atoms with E-state index in [2.05, 4.69) is 13.2 Å². The maximum Gasteiger partial charge on any atom is 0.343 e. The molecule has 0 aliphatic rings. The molecular formula is C26H28O9. The highest BCUT2D eigenvalue weighted by Crippen LogP contribution is 2.20. The summed E-state index contributed by atoms with van der Waals surface area (Å²) in [6.07, 6.45) is 2.51. The van der Waals surface area contributed by atoms with E-state index < -0.39 is 24.5 Å². The van der Waals surface area contributed by atoms with Crippen molar-refractivity contribution < 1.29 is 43.2 Å². The van der Waals surface area contributed by atoms with Crippen LogP contribution in [0.15, 0.2) is 73.3 Å². The van der Waals surface area contributed by atoms with Gasteiger partial charge in [0.15, 0.2) is 0 Å². The van der Waals surface area contributed by atoms with Gasteiger partial charge in [-0.1, -0.05) is 13.2 Å². The second kappa shape index (κ2) is 14.9. The lowest BCUT2D eigenvalue weighted by molar-refractivity contribution is -0.140. The van der Waals surface area contributed by atoms with Gasteiger partial charge in [0.2, 0.25) is 0 Å². The van der Waals surface area contributed by atoms with Gasteiger partial charge in [-0.15, -0.1) is 0 Å². The Labute approximate surface area is 203 Å². The van der Waals surface area contributed by atoms with Crippen LogP contribution in [0.3, 0.4) is 0 Å². The second-order valence-electron chi connectivity index (χ2n) is 7.06. The average Bonchev–Trinajstić information content (AvgIpc) is 2.88. The van der Waals surface area contributed by atoms with Gasteiger partial charge in [-0.25, -0.2) is 14.4 Å². The summed E-state index contributed by atoms with van der Waals surface area (Å²) in [5, 5.41) is 8.80. The Morgan fingerprint density at radius 3 is 1.97 bits per heavy atom. The van der Waals surface area contributed by atoms with Crippen molar-refractivity contribution in [2.45, 2.75) is 12.8 Å². The number of hydrogen-bond donors (Lipinski definition) is 1. The molecule has 186 valence electrons. The SMILES string of the molecule is C=CC(=O)OCCCCOc1ccc(OC(=O)c2ccc(OCCOC(=O)C(=C)CO)cc2)cc1. The zero-order valence-corrected chi connectivity index (χ0v) is 19.3. The van der Waals surface area contributed by atoms with Gasteiger partial charge in [0.05, 0.1) is 31.0 Å². The Balaban J connectivity index is 1.70. The lowest BCUT2D eigenvalue weighted by atomic mass is 10.2. The Morgan fingerprint density at radius 2 is 1.34 bits per heavy atom. The molecule has 0 fully saturated rings. The van der Waals surface area contributed by atoms with Crippen molar-refractivity contribution in [1.29, 1.82) is 0 Å². The molecule has 0 heterocycles. The van der Waals surface area contributed by atoms with Gasteiger partial charge in [0, 0.05) is 6.08 Å². The number of aliphatic hydroxyl groups excluding tert-OH is 1. The number of aliphatic hydroxyl groups is 1. The minimum absolute atomic E-state index is 0.00743. The zero-order chi connectivity index (χ0) is 25.5. The molecule has 0 amide bonds. The van der Waals surface area contributed by atoms with Crippen LogP contribution in [0.2, 0.25) is 0 Å². The number of rotatable bonds is 15. The monoisotopic (exact) mass is 484 g/mol. The van der Waals surface area contributed by atoms with Crippen LogP contribution in [0, 0.1) is 0 Å². The first kappa shape index (κ1) is 27.1. The number of unbranched alkanes of at least 4 members (excludes halogenated alkanes) is 1. The van der Waals surface area contributed by atoms with Crippen LogP contribution in [0.25, 0.3) is 0 Å². The van der Waals surface area contributed by atoms with E-state index in [-0.39, 0.29) is 18.8 Å². The Hall–Kier alpha value is -4.11. The second-order valence-corrected chi connectivity index (χ2v) is 7.06. The summed E-state index contributed by atoms with van der Waals surface area (Å²) < 4.78 is 26.2. The van der Waals surface area contributed by atoms with E-state index in [0.29, 0.717) is 48.9 Å². The lowest BCUT2D eigenvalue weighted by Crippen LogP contribution is -2.15. The highest BCUT2D eigenvalue weighted by atomic mass is 16.6. The fraction of sp³-hybridized carbons (Fsp3) is 0.269. The number of benzene rings is 2. The molecular weight excluding hydrogens is 456 g/mol. The first-order valence-electron chi connectivity index (χ1n) is 10.9. The molecule has 0 radical (unpaired) electrons. The van der Waals surface area contributed by atoms with Crippen LogP contribution in [-0.2, 0) is 19.1 Å². The van der Waals surface area contributed by atoms with Crippen LogP contribution in [0.4, 0.5) is 0 Å². The maximum atomic E-state index is 12.4. The Kier molecular flexibility index (Phi) is 11.6. The van der Waals surface area contributed by atoms with Crippen molar-refractivity contribution in [3.63, 3.8) is 0 Å². The molecule has 0 atom stereocenters. The van der Waals surface area contributed by atoms with Gasteiger partial charge < -0.3 is 28.8 Å². The van der Waals surface area contributed by atoms with Gasteiger partial charge in [-0.3, -0.25) is 0 Å². The van der Waals surface area contributed by atoms with E-state index in [4.69, 9.17) is 28.8 Å². The largest absolute Gasteiger partial charge is 0.494 e. The topological polar surface area (TPSA) is 118 Å². The summed E-state index contributed by atoms with van der Waals surface area (Å²) in [5.41, 5.74) is 0.302. The van der Waals surface area contributed by atoms with Gasteiger partial charge in [-0.05, 0) is 61.4 Å². The molecule has 9 heteroatoms. The fourth-order valence-electron chi connectivity index (χ4n) is 2.54. The van der Waals surface area contributed by atoms with Crippen LogP contribution in [0.1, 0.15) is 23.2 Å². The first-order chi connectivity index (χ1) is 16.9. The Morgan fingerprint density at radius 1 is 0.771 bits per heavy atom. The van der Waals surface area contributed by atoms with Crippen molar-refractivity contribution in [3.05, 3.63) is 78.9 Å². The molecule has 0 aliphatic carbocycles. The highest BCUT2D eigenvalue weighted by molar-refractivity contribution is 5.91. The molecule has 0 aliphatic heterocycles. The van der Waals surface area contributed by atoms with E-state index >= 15 is 0 Å². The predicted molar refractivity (Wildman–Crippen MR) is 126 cm³/mol. The van der Waals surface area contributed by atoms with Crippen molar-refractivity contribution in [3.8, 4) is 17.2 Å². The summed E-state index contributed by atoms with van der Waals surface area (Å²) in [7, 11) is 0. The molecule has 0 saturated carbocycles. The molecule has 0 aromatic heterocycles. The highest BCUT2D eigenvalue weighted by Gasteiger charge is 2.10. The summed E-state index contributed by atoms with van der Waals surface area (Å²) in [5.74, 6) is -0.180. The third-order valence-corrected chi connectivity index (χ3v) is 4.41. The zero-order valence-electron chi connectivity index (χ0n) is 19.3. The number of ether oxygens (including phenoxy) is 5. The molecule has 0 bridgehead atoms. The van der Waals surface area contributed by atoms with Crippen LogP contribution in [0.5, 0.6) is 17.2 Å². The Bertz CT molecular complexity index is 994. The summed E-state index contributed by atoms with van der Waals surface area (Å²) in [6, 6.07) is 13.0. The number of hydrogen-bond acceptors (Lipinski definition) is 9. The van der Waals surface area contributed by atoms with Gasteiger partial charge >= 0.3 is 17.9 Å². The standard InChI is InChI=1S/C26H28O9/c1-3-24(28)33-15-5-4-14-31-22-10-12-23(13-11-22)35-26(30)20-6-8-21(9-7-20)32-16-17-34-25(29)19(2)18-27/h3,6-13,27H,1-2,4-5,14-18H2. The molecule has 35 heavy (non-hydrogen) atoms. The summed E-state index contributed by atoms with van der Waals surface area (Å²) >= 11 is 0. The van der Waals surface area contributed by atoms with Gasteiger partial charge in [0.1, 0.15) is 30.5 Å². The average molecular weight is 485 g/mol. The quantitative estimate of drug-likeness (QED) is 0.176. The molecule has 0 saturated heterocycles. The molecule has 9 nitrogen and oxygen atoms in total. The first-order valence-corrected chi connectivity index (χ1v) is 10.9. The minimum Gasteiger partial charge on any atom is -0.494 e. The third kappa shape index (κ3) is 10.1. The van der Waals surface area contributed by atoms with Crippen molar-refractivity contribution in [1.82, 2.24) is 0 Å². The maximum absolute atomic E-state index is 12.4. The van der Waals surface area contributed by atoms with Crippen molar-refractivity contribution in [2.75, 3.05) is 33.0 Å². The smallest absolute Gasteiger partial charge is 0.343 e. The fourth-order valence-corrected chi connectivity index (χ4v) is 2.54. The van der Waals surface area contributed by atoms with Crippen molar-refractivity contribution in [2.24, 2.45) is 0 Å².